The van der Waals surface area contributed by atoms with Gasteiger partial charge in [-0.2, -0.15) is 0 Å². The smallest absolute Gasteiger partial charge is 0.270 e. The quantitative estimate of drug-likeness (QED) is 0.298. The Kier molecular flexibility index (Phi) is 7.66. The Labute approximate surface area is 207 Å². The van der Waals surface area contributed by atoms with Crippen LogP contribution in [0.2, 0.25) is 0 Å². The largest absolute Gasteiger partial charge is 0.497 e. The monoisotopic (exact) mass is 467 g/mol. The minimum absolute atomic E-state index is 0.149. The van der Waals surface area contributed by atoms with Crippen molar-refractivity contribution in [1.82, 2.24) is 14.9 Å². The van der Waals surface area contributed by atoms with Crippen molar-refractivity contribution >= 4 is 5.91 Å². The van der Waals surface area contributed by atoms with E-state index in [4.69, 9.17) is 9.72 Å². The summed E-state index contributed by atoms with van der Waals surface area (Å²) < 4.78 is 7.37. The van der Waals surface area contributed by atoms with Crippen LogP contribution in [0.15, 0.2) is 78.9 Å². The Morgan fingerprint density at radius 1 is 0.971 bits per heavy atom. The van der Waals surface area contributed by atoms with Crippen LogP contribution in [-0.4, -0.2) is 22.6 Å². The zero-order chi connectivity index (χ0) is 24.8. The molecule has 0 saturated carbocycles. The van der Waals surface area contributed by atoms with Crippen molar-refractivity contribution in [1.29, 1.82) is 0 Å². The van der Waals surface area contributed by atoms with Crippen molar-refractivity contribution in [3.8, 4) is 28.4 Å². The summed E-state index contributed by atoms with van der Waals surface area (Å²) in [5.41, 5.74) is 5.46. The number of amides is 1. The third kappa shape index (κ3) is 5.29. The summed E-state index contributed by atoms with van der Waals surface area (Å²) in [6.07, 6.45) is 2.13. The molecule has 0 aliphatic heterocycles. The number of nitrogens with one attached hydrogen (secondary N) is 1. The van der Waals surface area contributed by atoms with E-state index in [-0.39, 0.29) is 11.9 Å². The predicted octanol–water partition coefficient (Wildman–Crippen LogP) is 6.69. The molecule has 4 aromatic rings. The van der Waals surface area contributed by atoms with Crippen LogP contribution in [0.25, 0.3) is 22.6 Å². The van der Waals surface area contributed by atoms with Crippen LogP contribution in [0.1, 0.15) is 54.8 Å². The zero-order valence-electron chi connectivity index (χ0n) is 20.9. The first-order chi connectivity index (χ1) is 17.0. The Hall–Kier alpha value is -3.86. The van der Waals surface area contributed by atoms with E-state index < -0.39 is 0 Å². The van der Waals surface area contributed by atoms with E-state index in [1.807, 2.05) is 73.0 Å². The second-order valence-corrected chi connectivity index (χ2v) is 8.66. The first-order valence-electron chi connectivity index (χ1n) is 12.3. The maximum absolute atomic E-state index is 13.8. The van der Waals surface area contributed by atoms with E-state index in [2.05, 4.69) is 36.5 Å². The first-order valence-corrected chi connectivity index (χ1v) is 12.3. The summed E-state index contributed by atoms with van der Waals surface area (Å²) in [5, 5.41) is 3.19. The highest BCUT2D eigenvalue weighted by Crippen LogP contribution is 2.31. The van der Waals surface area contributed by atoms with Gasteiger partial charge in [0.25, 0.3) is 5.91 Å². The highest BCUT2D eigenvalue weighted by Gasteiger charge is 2.25. The first kappa shape index (κ1) is 24.3. The maximum Gasteiger partial charge on any atom is 0.270 e. The summed E-state index contributed by atoms with van der Waals surface area (Å²) in [6, 6.07) is 26.0. The van der Waals surface area contributed by atoms with Crippen molar-refractivity contribution in [3.63, 3.8) is 0 Å². The number of aromatic nitrogens is 2. The molecule has 3 aromatic carbocycles. The standard InChI is InChI=1S/C30H33N3O2/c1-5-11-22-16-18-23(19-17-22)27-28(33(6-2)29(32-27)24-12-8-7-9-13-24)30(34)31-21(3)25-14-10-15-26(20-25)35-4/h7-10,12-21H,5-6,11H2,1-4H3,(H,31,34)/t21-/m0/s1. The maximum atomic E-state index is 13.8. The van der Waals surface area contributed by atoms with Crippen LogP contribution >= 0.6 is 0 Å². The lowest BCUT2D eigenvalue weighted by Crippen LogP contribution is -2.29. The Morgan fingerprint density at radius 3 is 2.37 bits per heavy atom. The van der Waals surface area contributed by atoms with Gasteiger partial charge in [0.1, 0.15) is 23.0 Å². The summed E-state index contributed by atoms with van der Waals surface area (Å²) in [6.45, 7) is 6.83. The number of imidazole rings is 1. The summed E-state index contributed by atoms with van der Waals surface area (Å²) in [7, 11) is 1.64. The van der Waals surface area contributed by atoms with Gasteiger partial charge in [0.15, 0.2) is 0 Å². The molecule has 5 nitrogen and oxygen atoms in total. The fourth-order valence-corrected chi connectivity index (χ4v) is 4.38. The van der Waals surface area contributed by atoms with Gasteiger partial charge in [-0.05, 0) is 43.5 Å². The van der Waals surface area contributed by atoms with Gasteiger partial charge in [0.05, 0.1) is 13.2 Å². The number of carbonyl (C=O) groups excluding carboxylic acids is 1. The lowest BCUT2D eigenvalue weighted by molar-refractivity contribution is 0.0931. The van der Waals surface area contributed by atoms with Crippen LogP contribution in [0.4, 0.5) is 0 Å². The number of benzene rings is 3. The van der Waals surface area contributed by atoms with Gasteiger partial charge in [0, 0.05) is 17.7 Å². The SMILES string of the molecule is CCCc1ccc(-c2nc(-c3ccccc3)n(CC)c2C(=O)N[C@@H](C)c2cccc(OC)c2)cc1. The molecule has 1 heterocycles. The summed E-state index contributed by atoms with van der Waals surface area (Å²) in [4.78, 5) is 18.8. The van der Waals surface area contributed by atoms with Crippen molar-refractivity contribution in [3.05, 3.63) is 95.7 Å². The molecule has 1 N–H and O–H groups in total. The van der Waals surface area contributed by atoms with Gasteiger partial charge in [-0.3, -0.25) is 4.79 Å². The average Bonchev–Trinajstić information content (AvgIpc) is 3.29. The minimum atomic E-state index is -0.197. The van der Waals surface area contributed by atoms with E-state index >= 15 is 0 Å². The number of nitrogens with zero attached hydrogens (tertiary/aromatic N) is 2. The average molecular weight is 468 g/mol. The summed E-state index contributed by atoms with van der Waals surface area (Å²) in [5.74, 6) is 1.41. The molecule has 0 aliphatic carbocycles. The second kappa shape index (κ2) is 11.0. The zero-order valence-corrected chi connectivity index (χ0v) is 20.9. The van der Waals surface area contributed by atoms with Crippen LogP contribution in [0, 0.1) is 0 Å². The number of carbonyl (C=O) groups is 1. The Balaban J connectivity index is 1.77. The molecule has 0 aliphatic rings. The van der Waals surface area contributed by atoms with Crippen LogP contribution in [0.3, 0.4) is 0 Å². The number of aryl methyl sites for hydroxylation is 1. The van der Waals surface area contributed by atoms with Crippen molar-refractivity contribution in [2.45, 2.75) is 46.2 Å². The fourth-order valence-electron chi connectivity index (χ4n) is 4.38. The highest BCUT2D eigenvalue weighted by molar-refractivity contribution is 5.99. The van der Waals surface area contributed by atoms with E-state index in [0.717, 1.165) is 41.1 Å². The number of hydrogen-bond acceptors (Lipinski definition) is 3. The van der Waals surface area contributed by atoms with Crippen LogP contribution < -0.4 is 10.1 Å². The third-order valence-corrected chi connectivity index (χ3v) is 6.24. The van der Waals surface area contributed by atoms with E-state index in [1.165, 1.54) is 5.56 Å². The molecule has 0 unspecified atom stereocenters. The number of ether oxygens (including phenoxy) is 1. The van der Waals surface area contributed by atoms with Gasteiger partial charge in [-0.25, -0.2) is 4.98 Å². The van der Waals surface area contributed by atoms with Gasteiger partial charge in [0.2, 0.25) is 0 Å². The van der Waals surface area contributed by atoms with Crippen LogP contribution in [-0.2, 0) is 13.0 Å². The highest BCUT2D eigenvalue weighted by atomic mass is 16.5. The van der Waals surface area contributed by atoms with Crippen molar-refractivity contribution < 1.29 is 9.53 Å². The van der Waals surface area contributed by atoms with E-state index in [1.54, 1.807) is 7.11 Å². The summed E-state index contributed by atoms with van der Waals surface area (Å²) >= 11 is 0. The molecule has 180 valence electrons. The molecule has 0 fully saturated rings. The van der Waals surface area contributed by atoms with Crippen LogP contribution in [0.5, 0.6) is 5.75 Å². The normalized spacial score (nSPS) is 11.8. The van der Waals surface area contributed by atoms with E-state index in [9.17, 15) is 4.79 Å². The second-order valence-electron chi connectivity index (χ2n) is 8.66. The molecule has 0 bridgehead atoms. The number of methoxy groups -OCH3 is 1. The molecule has 1 aromatic heterocycles. The lowest BCUT2D eigenvalue weighted by atomic mass is 10.0. The molecule has 35 heavy (non-hydrogen) atoms. The minimum Gasteiger partial charge on any atom is -0.497 e. The lowest BCUT2D eigenvalue weighted by Gasteiger charge is -2.17. The van der Waals surface area contributed by atoms with Gasteiger partial charge >= 0.3 is 0 Å². The molecule has 0 spiro atoms. The topological polar surface area (TPSA) is 56.2 Å². The molecule has 0 saturated heterocycles. The van der Waals surface area contributed by atoms with Gasteiger partial charge in [-0.15, -0.1) is 0 Å². The molecule has 0 radical (unpaired) electrons. The van der Waals surface area contributed by atoms with Crippen molar-refractivity contribution in [2.24, 2.45) is 0 Å². The Morgan fingerprint density at radius 2 is 1.71 bits per heavy atom. The van der Waals surface area contributed by atoms with Gasteiger partial charge in [-0.1, -0.05) is 80.1 Å². The fraction of sp³-hybridized carbons (Fsp3) is 0.267. The molecule has 4 rings (SSSR count). The van der Waals surface area contributed by atoms with E-state index in [0.29, 0.717) is 17.9 Å². The molecule has 1 atom stereocenters. The predicted molar refractivity (Wildman–Crippen MR) is 142 cm³/mol. The molecule has 1 amide bonds. The van der Waals surface area contributed by atoms with Crippen molar-refractivity contribution in [2.75, 3.05) is 7.11 Å². The van der Waals surface area contributed by atoms with Gasteiger partial charge < -0.3 is 14.6 Å². The third-order valence-electron chi connectivity index (χ3n) is 6.24. The molecular weight excluding hydrogens is 434 g/mol. The Bertz CT molecular complexity index is 1280. The number of hydrogen-bond donors (Lipinski definition) is 1. The number of rotatable bonds is 9. The molecule has 5 heteroatoms. The molecular formula is C30H33N3O2.